The number of anilines is 1. The lowest BCUT2D eigenvalue weighted by atomic mass is 10.2. The van der Waals surface area contributed by atoms with Crippen LogP contribution in [0.4, 0.5) is 5.69 Å². The summed E-state index contributed by atoms with van der Waals surface area (Å²) in [5.41, 5.74) is 1.96. The van der Waals surface area contributed by atoms with Crippen molar-refractivity contribution in [3.8, 4) is 11.5 Å². The number of carbonyl (C=O) groups excluding carboxylic acids is 2. The maximum absolute atomic E-state index is 12.4. The van der Waals surface area contributed by atoms with Crippen LogP contribution < -0.4 is 19.7 Å². The molecule has 1 aliphatic heterocycles. The van der Waals surface area contributed by atoms with Crippen molar-refractivity contribution in [2.75, 3.05) is 45.3 Å². The molecule has 0 spiro atoms. The van der Waals surface area contributed by atoms with Gasteiger partial charge in [0.05, 0.1) is 14.2 Å². The fraction of sp³-hybridized carbons (Fsp3) is 0.333. The molecule has 0 unspecified atom stereocenters. The van der Waals surface area contributed by atoms with E-state index < -0.39 is 11.8 Å². The van der Waals surface area contributed by atoms with Crippen LogP contribution in [0.5, 0.6) is 11.5 Å². The van der Waals surface area contributed by atoms with E-state index in [4.69, 9.17) is 9.47 Å². The summed E-state index contributed by atoms with van der Waals surface area (Å²) < 4.78 is 10.5. The maximum Gasteiger partial charge on any atom is 0.312 e. The first kappa shape index (κ1) is 19.5. The van der Waals surface area contributed by atoms with E-state index in [0.29, 0.717) is 37.7 Å². The first-order valence-electron chi connectivity index (χ1n) is 9.20. The molecule has 1 aliphatic rings. The summed E-state index contributed by atoms with van der Waals surface area (Å²) in [5, 5.41) is 2.69. The summed E-state index contributed by atoms with van der Waals surface area (Å²) in [4.78, 5) is 28.5. The van der Waals surface area contributed by atoms with Crippen molar-refractivity contribution in [1.29, 1.82) is 0 Å². The number of ether oxygens (including phenoxy) is 2. The van der Waals surface area contributed by atoms with E-state index in [2.05, 4.69) is 10.2 Å². The summed E-state index contributed by atoms with van der Waals surface area (Å²) >= 11 is 0. The van der Waals surface area contributed by atoms with Crippen LogP contribution in [0.3, 0.4) is 0 Å². The fourth-order valence-corrected chi connectivity index (χ4v) is 3.20. The number of benzene rings is 2. The summed E-state index contributed by atoms with van der Waals surface area (Å²) in [6.45, 7) is 2.71. The molecule has 28 heavy (non-hydrogen) atoms. The van der Waals surface area contributed by atoms with Gasteiger partial charge in [-0.1, -0.05) is 24.3 Å². The Kier molecular flexibility index (Phi) is 6.37. The fourth-order valence-electron chi connectivity index (χ4n) is 3.20. The molecule has 0 atom stereocenters. The summed E-state index contributed by atoms with van der Waals surface area (Å²) in [7, 11) is 3.12. The molecule has 0 saturated carbocycles. The highest BCUT2D eigenvalue weighted by Gasteiger charge is 2.26. The van der Waals surface area contributed by atoms with Gasteiger partial charge in [-0.2, -0.15) is 0 Å². The van der Waals surface area contributed by atoms with Crippen molar-refractivity contribution < 1.29 is 19.1 Å². The Morgan fingerprint density at radius 3 is 2.25 bits per heavy atom. The molecular weight excluding hydrogens is 358 g/mol. The number of para-hydroxylation sites is 1. The van der Waals surface area contributed by atoms with Crippen molar-refractivity contribution in [2.45, 2.75) is 6.54 Å². The third kappa shape index (κ3) is 4.54. The monoisotopic (exact) mass is 383 g/mol. The van der Waals surface area contributed by atoms with Crippen LogP contribution in [0.25, 0.3) is 0 Å². The second-order valence-corrected chi connectivity index (χ2v) is 6.49. The van der Waals surface area contributed by atoms with Crippen LogP contribution in [0, 0.1) is 0 Å². The minimum absolute atomic E-state index is 0.245. The largest absolute Gasteiger partial charge is 0.493 e. The molecule has 7 heteroatoms. The molecule has 1 saturated heterocycles. The van der Waals surface area contributed by atoms with Crippen LogP contribution in [0.2, 0.25) is 0 Å². The molecule has 0 bridgehead atoms. The number of amides is 2. The highest BCUT2D eigenvalue weighted by Crippen LogP contribution is 2.27. The number of nitrogens with one attached hydrogen (secondary N) is 1. The zero-order valence-corrected chi connectivity index (χ0v) is 16.2. The Morgan fingerprint density at radius 2 is 1.61 bits per heavy atom. The summed E-state index contributed by atoms with van der Waals surface area (Å²) in [6, 6.07) is 15.4. The molecule has 148 valence electrons. The van der Waals surface area contributed by atoms with Crippen LogP contribution in [-0.4, -0.2) is 57.1 Å². The first-order valence-corrected chi connectivity index (χ1v) is 9.20. The Hall–Kier alpha value is -3.22. The van der Waals surface area contributed by atoms with Gasteiger partial charge in [-0.3, -0.25) is 9.59 Å². The summed E-state index contributed by atoms with van der Waals surface area (Å²) in [6.07, 6.45) is 0. The predicted octanol–water partition coefficient (Wildman–Crippen LogP) is 1.67. The SMILES string of the molecule is COc1ccc(CNC(=O)C(=O)N2CCN(c3ccccc3)CC2)cc1OC. The maximum atomic E-state index is 12.4. The van der Waals surface area contributed by atoms with Crippen LogP contribution in [0.1, 0.15) is 5.56 Å². The molecule has 0 aromatic heterocycles. The molecule has 1 N–H and O–H groups in total. The minimum atomic E-state index is -0.594. The lowest BCUT2D eigenvalue weighted by Crippen LogP contribution is -2.52. The lowest BCUT2D eigenvalue weighted by Gasteiger charge is -2.35. The molecule has 0 radical (unpaired) electrons. The van der Waals surface area contributed by atoms with Gasteiger partial charge < -0.3 is 24.6 Å². The third-order valence-electron chi connectivity index (χ3n) is 4.78. The van der Waals surface area contributed by atoms with E-state index in [-0.39, 0.29) is 6.54 Å². The highest BCUT2D eigenvalue weighted by atomic mass is 16.5. The van der Waals surface area contributed by atoms with Crippen LogP contribution >= 0.6 is 0 Å². The van der Waals surface area contributed by atoms with Gasteiger partial charge in [0.2, 0.25) is 0 Å². The third-order valence-corrected chi connectivity index (χ3v) is 4.78. The van der Waals surface area contributed by atoms with Gasteiger partial charge in [0.1, 0.15) is 0 Å². The van der Waals surface area contributed by atoms with Crippen LogP contribution in [0.15, 0.2) is 48.5 Å². The van der Waals surface area contributed by atoms with E-state index in [1.807, 2.05) is 36.4 Å². The Labute approximate surface area is 164 Å². The first-order chi connectivity index (χ1) is 13.6. The second kappa shape index (κ2) is 9.12. The second-order valence-electron chi connectivity index (χ2n) is 6.49. The normalized spacial score (nSPS) is 13.8. The molecule has 3 rings (SSSR count). The topological polar surface area (TPSA) is 71.1 Å². The molecular formula is C21H25N3O4. The average molecular weight is 383 g/mol. The van der Waals surface area contributed by atoms with E-state index in [0.717, 1.165) is 11.3 Å². The Balaban J connectivity index is 1.51. The van der Waals surface area contributed by atoms with Crippen molar-refractivity contribution in [2.24, 2.45) is 0 Å². The van der Waals surface area contributed by atoms with E-state index in [1.54, 1.807) is 31.3 Å². The standard InChI is InChI=1S/C21H25N3O4/c1-27-18-9-8-16(14-19(18)28-2)15-22-20(25)21(26)24-12-10-23(11-13-24)17-6-4-3-5-7-17/h3-9,14H,10-13,15H2,1-2H3,(H,22,25). The number of carbonyl (C=O) groups is 2. The van der Waals surface area contributed by atoms with E-state index in [9.17, 15) is 9.59 Å². The predicted molar refractivity (Wildman–Crippen MR) is 107 cm³/mol. The zero-order chi connectivity index (χ0) is 19.9. The molecule has 7 nitrogen and oxygen atoms in total. The number of rotatable bonds is 5. The number of nitrogens with zero attached hydrogens (tertiary/aromatic N) is 2. The van der Waals surface area contributed by atoms with Gasteiger partial charge in [-0.15, -0.1) is 0 Å². The molecule has 1 heterocycles. The van der Waals surface area contributed by atoms with Crippen molar-refractivity contribution in [3.63, 3.8) is 0 Å². The van der Waals surface area contributed by atoms with Gasteiger partial charge in [0.25, 0.3) is 0 Å². The van der Waals surface area contributed by atoms with Crippen molar-refractivity contribution in [1.82, 2.24) is 10.2 Å². The minimum Gasteiger partial charge on any atom is -0.493 e. The van der Waals surface area contributed by atoms with Gasteiger partial charge in [-0.25, -0.2) is 0 Å². The van der Waals surface area contributed by atoms with Crippen molar-refractivity contribution in [3.05, 3.63) is 54.1 Å². The molecule has 2 aromatic carbocycles. The van der Waals surface area contributed by atoms with Gasteiger partial charge in [0, 0.05) is 38.4 Å². The zero-order valence-electron chi connectivity index (χ0n) is 16.2. The molecule has 2 aromatic rings. The average Bonchev–Trinajstić information content (AvgIpc) is 2.77. The number of hydrogen-bond donors (Lipinski definition) is 1. The van der Waals surface area contributed by atoms with E-state index >= 15 is 0 Å². The van der Waals surface area contributed by atoms with Crippen LogP contribution in [-0.2, 0) is 16.1 Å². The number of hydrogen-bond acceptors (Lipinski definition) is 5. The smallest absolute Gasteiger partial charge is 0.312 e. The number of methoxy groups -OCH3 is 2. The highest BCUT2D eigenvalue weighted by molar-refractivity contribution is 6.35. The number of piperazine rings is 1. The van der Waals surface area contributed by atoms with E-state index in [1.165, 1.54) is 0 Å². The Morgan fingerprint density at radius 1 is 0.929 bits per heavy atom. The molecule has 1 fully saturated rings. The summed E-state index contributed by atoms with van der Waals surface area (Å²) in [5.74, 6) is 0.110. The van der Waals surface area contributed by atoms with Crippen molar-refractivity contribution >= 4 is 17.5 Å². The quantitative estimate of drug-likeness (QED) is 0.796. The van der Waals surface area contributed by atoms with Gasteiger partial charge in [-0.05, 0) is 29.8 Å². The lowest BCUT2D eigenvalue weighted by molar-refractivity contribution is -0.146. The van der Waals surface area contributed by atoms with Gasteiger partial charge >= 0.3 is 11.8 Å². The Bertz CT molecular complexity index is 818. The molecule has 0 aliphatic carbocycles. The van der Waals surface area contributed by atoms with Gasteiger partial charge in [0.15, 0.2) is 11.5 Å². The molecule has 2 amide bonds.